The number of benzene rings is 5. The largest absolute Gasteiger partial charge is 0.456 e. The highest BCUT2D eigenvalue weighted by Gasteiger charge is 2.18. The molecule has 0 bridgehead atoms. The summed E-state index contributed by atoms with van der Waals surface area (Å²) in [6.07, 6.45) is -0.379. The number of hydrogen-bond acceptors (Lipinski definition) is 3. The maximum Gasteiger partial charge on any atom is 0.136 e. The first kappa shape index (κ1) is 21.3. The van der Waals surface area contributed by atoms with Crippen LogP contribution >= 0.6 is 0 Å². The van der Waals surface area contributed by atoms with E-state index in [1.165, 1.54) is 0 Å². The Morgan fingerprint density at radius 1 is 0.595 bits per heavy atom. The van der Waals surface area contributed by atoms with Gasteiger partial charge in [0.05, 0.1) is 12.0 Å². The van der Waals surface area contributed by atoms with E-state index in [0.29, 0.717) is 11.7 Å². The number of hydrogen-bond donors (Lipinski definition) is 0. The van der Waals surface area contributed by atoms with Gasteiger partial charge in [0, 0.05) is 10.8 Å². The summed E-state index contributed by atoms with van der Waals surface area (Å²) in [7, 11) is 0. The van der Waals surface area contributed by atoms with Crippen LogP contribution in [0.4, 0.5) is 0 Å². The Balaban J connectivity index is 1.44. The van der Waals surface area contributed by atoms with Gasteiger partial charge in [0.2, 0.25) is 0 Å². The summed E-state index contributed by atoms with van der Waals surface area (Å²) in [6, 6.07) is 43.0. The highest BCUT2D eigenvalue weighted by atomic mass is 16.3. The van der Waals surface area contributed by atoms with Gasteiger partial charge in [-0.1, -0.05) is 115 Å². The van der Waals surface area contributed by atoms with Crippen LogP contribution in [0.1, 0.15) is 22.9 Å². The van der Waals surface area contributed by atoms with Gasteiger partial charge in [-0.25, -0.2) is 0 Å². The predicted octanol–water partition coefficient (Wildman–Crippen LogP) is 8.53. The van der Waals surface area contributed by atoms with Crippen LogP contribution in [0, 0.1) is 0 Å². The number of furan rings is 1. The van der Waals surface area contributed by atoms with Crippen molar-refractivity contribution < 1.29 is 4.42 Å². The molecule has 0 aliphatic carbocycles. The van der Waals surface area contributed by atoms with E-state index in [-0.39, 0.29) is 6.17 Å². The lowest BCUT2D eigenvalue weighted by atomic mass is 9.96. The molecule has 0 N–H and O–H groups in total. The molecule has 7 rings (SSSR count). The molecule has 1 aliphatic rings. The second-order valence-electron chi connectivity index (χ2n) is 9.03. The highest BCUT2D eigenvalue weighted by Crippen LogP contribution is 2.39. The molecule has 5 aromatic carbocycles. The summed E-state index contributed by atoms with van der Waals surface area (Å²) in [5.41, 5.74) is 6.78. The maximum atomic E-state index is 6.34. The molecule has 4 nitrogen and oxygen atoms in total. The normalized spacial score (nSPS) is 15.3. The van der Waals surface area contributed by atoms with Crippen molar-refractivity contribution in [3.8, 4) is 11.1 Å². The molecule has 1 atom stereocenters. The fourth-order valence-electron chi connectivity index (χ4n) is 4.89. The van der Waals surface area contributed by atoms with Crippen molar-refractivity contribution in [1.29, 1.82) is 0 Å². The van der Waals surface area contributed by atoms with E-state index in [1.54, 1.807) is 0 Å². The molecule has 37 heavy (non-hydrogen) atoms. The quantitative estimate of drug-likeness (QED) is 0.251. The minimum Gasteiger partial charge on any atom is -0.456 e. The van der Waals surface area contributed by atoms with E-state index >= 15 is 0 Å². The van der Waals surface area contributed by atoms with Crippen LogP contribution in [0.2, 0.25) is 0 Å². The van der Waals surface area contributed by atoms with Gasteiger partial charge in [0.15, 0.2) is 0 Å². The Morgan fingerprint density at radius 3 is 2.00 bits per heavy atom. The second kappa shape index (κ2) is 8.92. The Hall–Kier alpha value is -4.96. The van der Waals surface area contributed by atoms with Crippen LogP contribution in [-0.2, 0) is 0 Å². The summed E-state index contributed by atoms with van der Waals surface area (Å²) in [6.45, 7) is 0. The summed E-state index contributed by atoms with van der Waals surface area (Å²) < 4.78 is 6.34. The first-order valence-electron chi connectivity index (χ1n) is 12.3. The third kappa shape index (κ3) is 3.89. The molecule has 1 aliphatic heterocycles. The molecule has 0 saturated heterocycles. The molecular weight excluding hydrogens is 454 g/mol. The number of rotatable bonds is 4. The molecule has 1 aromatic heterocycles. The van der Waals surface area contributed by atoms with Crippen molar-refractivity contribution in [2.45, 2.75) is 6.17 Å². The number of aliphatic imine (C=N–C) groups is 2. The Morgan fingerprint density at radius 2 is 1.24 bits per heavy atom. The van der Waals surface area contributed by atoms with Gasteiger partial charge < -0.3 is 14.7 Å². The summed E-state index contributed by atoms with van der Waals surface area (Å²) >= 11 is 0. The lowest BCUT2D eigenvalue weighted by Gasteiger charge is -2.32. The van der Waals surface area contributed by atoms with Crippen LogP contribution in [0.3, 0.4) is 0 Å². The van der Waals surface area contributed by atoms with Gasteiger partial charge in [0.25, 0.3) is 0 Å². The summed E-state index contributed by atoms with van der Waals surface area (Å²) in [4.78, 5) is 9.87. The molecule has 176 valence electrons. The van der Waals surface area contributed by atoms with Gasteiger partial charge in [0.1, 0.15) is 11.2 Å². The fraction of sp³-hybridized carbons (Fsp3) is 0.0303. The van der Waals surface area contributed by atoms with Crippen LogP contribution in [-0.4, -0.2) is 11.7 Å². The van der Waals surface area contributed by atoms with E-state index in [2.05, 4.69) is 54.6 Å². The topological polar surface area (TPSA) is 52.0 Å². The lowest BCUT2D eigenvalue weighted by Crippen LogP contribution is -2.16. The molecule has 6 aromatic rings. The van der Waals surface area contributed by atoms with Crippen molar-refractivity contribution in [2.75, 3.05) is 0 Å². The lowest BCUT2D eigenvalue weighted by molar-refractivity contribution is 0.669. The molecule has 4 heteroatoms. The standard InChI is InChI=1S/C33H22N3O/c1-4-12-22(13-5-1)27-20-25(21-29-30(27)26-18-10-11-19-28(26)37-29)33-35-31(23-14-6-2-7-15-23)34-32(36-33)24-16-8-3-9-17-24/h1-21,31H/q-1. The molecule has 1 unspecified atom stereocenters. The third-order valence-corrected chi connectivity index (χ3v) is 6.65. The zero-order chi connectivity index (χ0) is 24.6. The van der Waals surface area contributed by atoms with Crippen LogP contribution < -0.4 is 0 Å². The average Bonchev–Trinajstić information content (AvgIpc) is 3.36. The van der Waals surface area contributed by atoms with E-state index in [4.69, 9.17) is 19.7 Å². The van der Waals surface area contributed by atoms with Gasteiger partial charge >= 0.3 is 0 Å². The van der Waals surface area contributed by atoms with Crippen molar-refractivity contribution in [2.24, 2.45) is 9.98 Å². The van der Waals surface area contributed by atoms with E-state index in [9.17, 15) is 0 Å². The van der Waals surface area contributed by atoms with Crippen molar-refractivity contribution in [3.05, 3.63) is 149 Å². The number of amidine groups is 2. The maximum absolute atomic E-state index is 6.34. The first-order valence-corrected chi connectivity index (χ1v) is 12.3. The van der Waals surface area contributed by atoms with Crippen molar-refractivity contribution in [3.63, 3.8) is 0 Å². The van der Waals surface area contributed by atoms with Crippen LogP contribution in [0.25, 0.3) is 38.4 Å². The second-order valence-corrected chi connectivity index (χ2v) is 9.03. The molecule has 0 spiro atoms. The van der Waals surface area contributed by atoms with Crippen LogP contribution in [0.5, 0.6) is 0 Å². The van der Waals surface area contributed by atoms with Gasteiger partial charge in [-0.2, -0.15) is 0 Å². The molecule has 0 amide bonds. The zero-order valence-electron chi connectivity index (χ0n) is 20.0. The SMILES string of the molecule is c1ccc(C2=NC(c3ccccc3)[N-]C(c3cc(-c4ccccc4)c4c(c3)oc3ccccc34)=N2)cc1. The molecule has 2 heterocycles. The molecular formula is C33H22N3O-. The molecule has 0 fully saturated rings. The molecule has 0 radical (unpaired) electrons. The monoisotopic (exact) mass is 476 g/mol. The zero-order valence-corrected chi connectivity index (χ0v) is 20.0. The average molecular weight is 477 g/mol. The fourth-order valence-corrected chi connectivity index (χ4v) is 4.89. The molecule has 0 saturated carbocycles. The summed E-state index contributed by atoms with van der Waals surface area (Å²) in [5.74, 6) is 1.31. The van der Waals surface area contributed by atoms with Gasteiger partial charge in [-0.15, -0.1) is 0 Å². The van der Waals surface area contributed by atoms with Gasteiger partial charge in [-0.3, -0.25) is 4.99 Å². The Labute approximate surface area is 214 Å². The Bertz CT molecular complexity index is 1790. The highest BCUT2D eigenvalue weighted by molar-refractivity contribution is 6.21. The first-order chi connectivity index (χ1) is 18.3. The Kier molecular flexibility index (Phi) is 5.14. The van der Waals surface area contributed by atoms with Crippen molar-refractivity contribution in [1.82, 2.24) is 0 Å². The predicted molar refractivity (Wildman–Crippen MR) is 151 cm³/mol. The van der Waals surface area contributed by atoms with E-state index in [1.807, 2.05) is 72.8 Å². The number of fused-ring (bicyclic) bond motifs is 3. The number of para-hydroxylation sites is 1. The van der Waals surface area contributed by atoms with Crippen molar-refractivity contribution >= 4 is 33.6 Å². The minimum atomic E-state index is -0.379. The van der Waals surface area contributed by atoms with E-state index < -0.39 is 0 Å². The van der Waals surface area contributed by atoms with Crippen LogP contribution in [0.15, 0.2) is 142 Å². The number of nitrogens with zero attached hydrogens (tertiary/aromatic N) is 3. The smallest absolute Gasteiger partial charge is 0.136 e. The minimum absolute atomic E-state index is 0.379. The third-order valence-electron chi connectivity index (χ3n) is 6.65. The van der Waals surface area contributed by atoms with E-state index in [0.717, 1.165) is 49.8 Å². The summed E-state index contributed by atoms with van der Waals surface area (Å²) in [5, 5.41) is 7.21. The van der Waals surface area contributed by atoms with Gasteiger partial charge in [-0.05, 0) is 46.0 Å².